The normalized spacial score (nSPS) is 15.3. The Kier molecular flexibility index (Phi) is 4.62. The molecule has 5 heteroatoms. The van der Waals surface area contributed by atoms with E-state index in [0.717, 1.165) is 17.7 Å². The highest BCUT2D eigenvalue weighted by Gasteiger charge is 2.31. The quantitative estimate of drug-likeness (QED) is 0.888. The molecule has 0 amide bonds. The van der Waals surface area contributed by atoms with Crippen molar-refractivity contribution >= 4 is 5.69 Å². The number of aryl methyl sites for hydroxylation is 1. The van der Waals surface area contributed by atoms with Crippen LogP contribution in [-0.2, 0) is 10.9 Å². The molecule has 1 aromatic carbocycles. The molecule has 0 saturated carbocycles. The smallest absolute Gasteiger partial charge is 0.380 e. The molecule has 2 nitrogen and oxygen atoms in total. The zero-order valence-corrected chi connectivity index (χ0v) is 10.9. The maximum atomic E-state index is 12.6. The maximum Gasteiger partial charge on any atom is 0.416 e. The minimum absolute atomic E-state index is 0.0721. The monoisotopic (exact) mass is 261 g/mol. The molecular formula is C13H18F3NO. The number of ether oxygens (including phenoxy) is 1. The first kappa shape index (κ1) is 14.8. The molecular weight excluding hydrogens is 243 g/mol. The van der Waals surface area contributed by atoms with Crippen molar-refractivity contribution in [1.82, 2.24) is 0 Å². The average molecular weight is 261 g/mol. The molecule has 0 aromatic heterocycles. The van der Waals surface area contributed by atoms with E-state index in [2.05, 4.69) is 5.32 Å². The number of anilines is 1. The summed E-state index contributed by atoms with van der Waals surface area (Å²) in [5.41, 5.74) is 0.618. The highest BCUT2D eigenvalue weighted by molar-refractivity contribution is 5.53. The summed E-state index contributed by atoms with van der Waals surface area (Å²) in [5, 5.41) is 3.05. The van der Waals surface area contributed by atoms with Gasteiger partial charge in [-0.2, -0.15) is 13.2 Å². The van der Waals surface area contributed by atoms with Crippen LogP contribution in [0.5, 0.6) is 0 Å². The first-order chi connectivity index (χ1) is 8.25. The number of benzene rings is 1. The number of methoxy groups -OCH3 is 1. The Bertz CT molecular complexity index is 404. The van der Waals surface area contributed by atoms with Crippen molar-refractivity contribution in [2.75, 3.05) is 12.4 Å². The van der Waals surface area contributed by atoms with Crippen molar-refractivity contribution in [3.05, 3.63) is 29.3 Å². The lowest BCUT2D eigenvalue weighted by Crippen LogP contribution is -2.30. The standard InChI is InChI=1S/C13H18F3NO/c1-8-5-6-11(13(14,15)16)7-12(8)17-9(2)10(3)18-4/h5-7,9-10,17H,1-4H3. The second-order valence-corrected chi connectivity index (χ2v) is 4.40. The number of alkyl halides is 3. The van der Waals surface area contributed by atoms with Crippen molar-refractivity contribution in [1.29, 1.82) is 0 Å². The van der Waals surface area contributed by atoms with Crippen LogP contribution in [0.25, 0.3) is 0 Å². The van der Waals surface area contributed by atoms with E-state index >= 15 is 0 Å². The molecule has 0 bridgehead atoms. The molecule has 1 rings (SSSR count). The van der Waals surface area contributed by atoms with E-state index in [4.69, 9.17) is 4.74 Å². The first-order valence-electron chi connectivity index (χ1n) is 5.73. The summed E-state index contributed by atoms with van der Waals surface area (Å²) in [7, 11) is 1.57. The third-order valence-electron chi connectivity index (χ3n) is 3.02. The van der Waals surface area contributed by atoms with E-state index in [1.54, 1.807) is 14.0 Å². The summed E-state index contributed by atoms with van der Waals surface area (Å²) in [4.78, 5) is 0. The fourth-order valence-electron chi connectivity index (χ4n) is 1.52. The average Bonchev–Trinajstić information content (AvgIpc) is 2.29. The molecule has 0 heterocycles. The Labute approximate surface area is 105 Å². The van der Waals surface area contributed by atoms with Crippen LogP contribution in [0.3, 0.4) is 0 Å². The van der Waals surface area contributed by atoms with Gasteiger partial charge in [-0.1, -0.05) is 6.07 Å². The Morgan fingerprint density at radius 1 is 1.22 bits per heavy atom. The van der Waals surface area contributed by atoms with Crippen molar-refractivity contribution in [2.24, 2.45) is 0 Å². The first-order valence-corrected chi connectivity index (χ1v) is 5.73. The predicted octanol–water partition coefficient (Wildman–Crippen LogP) is 3.85. The van der Waals surface area contributed by atoms with Crippen LogP contribution >= 0.6 is 0 Å². The molecule has 0 radical (unpaired) electrons. The van der Waals surface area contributed by atoms with Gasteiger partial charge < -0.3 is 10.1 Å². The largest absolute Gasteiger partial charge is 0.416 e. The molecule has 2 atom stereocenters. The molecule has 2 unspecified atom stereocenters. The van der Waals surface area contributed by atoms with Crippen LogP contribution < -0.4 is 5.32 Å². The molecule has 1 aromatic rings. The molecule has 0 aliphatic rings. The minimum atomic E-state index is -4.32. The lowest BCUT2D eigenvalue weighted by molar-refractivity contribution is -0.137. The van der Waals surface area contributed by atoms with Crippen LogP contribution in [0.4, 0.5) is 18.9 Å². The van der Waals surface area contributed by atoms with E-state index in [-0.39, 0.29) is 12.1 Å². The highest BCUT2D eigenvalue weighted by Crippen LogP contribution is 2.32. The van der Waals surface area contributed by atoms with Crippen molar-refractivity contribution < 1.29 is 17.9 Å². The Hall–Kier alpha value is -1.23. The maximum absolute atomic E-state index is 12.6. The molecule has 18 heavy (non-hydrogen) atoms. The second-order valence-electron chi connectivity index (χ2n) is 4.40. The molecule has 0 aliphatic carbocycles. The van der Waals surface area contributed by atoms with E-state index in [0.29, 0.717) is 5.69 Å². The SMILES string of the molecule is COC(C)C(C)Nc1cc(C(F)(F)F)ccc1C. The van der Waals surface area contributed by atoms with Crippen molar-refractivity contribution in [2.45, 2.75) is 39.1 Å². The van der Waals surface area contributed by atoms with Crippen molar-refractivity contribution in [3.63, 3.8) is 0 Å². The van der Waals surface area contributed by atoms with Crippen LogP contribution in [0.15, 0.2) is 18.2 Å². The van der Waals surface area contributed by atoms with Crippen LogP contribution in [0.1, 0.15) is 25.0 Å². The molecule has 102 valence electrons. The minimum Gasteiger partial charge on any atom is -0.380 e. The van der Waals surface area contributed by atoms with Gasteiger partial charge in [0.05, 0.1) is 11.7 Å². The van der Waals surface area contributed by atoms with Gasteiger partial charge in [0, 0.05) is 18.8 Å². The highest BCUT2D eigenvalue weighted by atomic mass is 19.4. The summed E-state index contributed by atoms with van der Waals surface area (Å²) in [6.45, 7) is 5.50. The van der Waals surface area contributed by atoms with E-state index in [9.17, 15) is 13.2 Å². The zero-order valence-electron chi connectivity index (χ0n) is 10.9. The van der Waals surface area contributed by atoms with Gasteiger partial charge >= 0.3 is 6.18 Å². The van der Waals surface area contributed by atoms with Gasteiger partial charge in [0.2, 0.25) is 0 Å². The summed E-state index contributed by atoms with van der Waals surface area (Å²) in [6, 6.07) is 3.62. The Morgan fingerprint density at radius 3 is 2.33 bits per heavy atom. The van der Waals surface area contributed by atoms with Crippen LogP contribution in [0, 0.1) is 6.92 Å². The molecule has 0 saturated heterocycles. The number of nitrogens with one attached hydrogen (secondary N) is 1. The van der Waals surface area contributed by atoms with Gasteiger partial charge in [0.15, 0.2) is 0 Å². The second kappa shape index (κ2) is 5.61. The summed E-state index contributed by atoms with van der Waals surface area (Å²) < 4.78 is 43.0. The number of halogens is 3. The van der Waals surface area contributed by atoms with Gasteiger partial charge in [-0.15, -0.1) is 0 Å². The summed E-state index contributed by atoms with van der Waals surface area (Å²) in [6.07, 6.45) is -4.40. The fourth-order valence-corrected chi connectivity index (χ4v) is 1.52. The molecule has 1 N–H and O–H groups in total. The Morgan fingerprint density at radius 2 is 1.83 bits per heavy atom. The van der Waals surface area contributed by atoms with E-state index < -0.39 is 11.7 Å². The zero-order chi connectivity index (χ0) is 13.9. The van der Waals surface area contributed by atoms with Gasteiger partial charge in [0.25, 0.3) is 0 Å². The Balaban J connectivity index is 2.95. The molecule has 0 aliphatic heterocycles. The topological polar surface area (TPSA) is 21.3 Å². The lowest BCUT2D eigenvalue weighted by atomic mass is 10.1. The summed E-state index contributed by atoms with van der Waals surface area (Å²) >= 11 is 0. The van der Waals surface area contributed by atoms with Crippen LogP contribution in [0.2, 0.25) is 0 Å². The summed E-state index contributed by atoms with van der Waals surface area (Å²) in [5.74, 6) is 0. The van der Waals surface area contributed by atoms with E-state index in [1.807, 2.05) is 13.8 Å². The molecule has 0 fully saturated rings. The van der Waals surface area contributed by atoms with E-state index in [1.165, 1.54) is 6.07 Å². The third kappa shape index (κ3) is 3.63. The van der Waals surface area contributed by atoms with Gasteiger partial charge in [-0.05, 0) is 38.5 Å². The van der Waals surface area contributed by atoms with Gasteiger partial charge in [0.1, 0.15) is 0 Å². The van der Waals surface area contributed by atoms with Gasteiger partial charge in [-0.25, -0.2) is 0 Å². The number of hydrogen-bond acceptors (Lipinski definition) is 2. The molecule has 0 spiro atoms. The number of hydrogen-bond donors (Lipinski definition) is 1. The van der Waals surface area contributed by atoms with Crippen LogP contribution in [-0.4, -0.2) is 19.3 Å². The number of rotatable bonds is 4. The van der Waals surface area contributed by atoms with Gasteiger partial charge in [-0.3, -0.25) is 0 Å². The lowest BCUT2D eigenvalue weighted by Gasteiger charge is -2.23. The third-order valence-corrected chi connectivity index (χ3v) is 3.02. The fraction of sp³-hybridized carbons (Fsp3) is 0.538. The predicted molar refractivity (Wildman–Crippen MR) is 65.7 cm³/mol. The van der Waals surface area contributed by atoms with Crippen molar-refractivity contribution in [3.8, 4) is 0 Å².